The normalized spacial score (nSPS) is 18.0. The van der Waals surface area contributed by atoms with Crippen LogP contribution in [-0.4, -0.2) is 50.6 Å². The number of amides is 1. The van der Waals surface area contributed by atoms with E-state index < -0.39 is 0 Å². The molecule has 2 N–H and O–H groups in total. The average molecular weight is 342 g/mol. The number of benzene rings is 1. The Morgan fingerprint density at radius 1 is 1.35 bits per heavy atom. The number of para-hydroxylation sites is 1. The first kappa shape index (κ1) is 19.7. The van der Waals surface area contributed by atoms with Crippen molar-refractivity contribution in [2.24, 2.45) is 0 Å². The number of nitrogens with zero attached hydrogens (tertiary/aromatic N) is 1. The van der Waals surface area contributed by atoms with Crippen LogP contribution < -0.4 is 15.4 Å². The highest BCUT2D eigenvalue weighted by Crippen LogP contribution is 2.16. The quantitative estimate of drug-likeness (QED) is 0.828. The number of likely N-dealkylation sites (N-methyl/N-ethyl adjacent to an activating group) is 1. The predicted molar refractivity (Wildman–Crippen MR) is 95.2 cm³/mol. The molecule has 0 saturated carbocycles. The minimum atomic E-state index is 0. The van der Waals surface area contributed by atoms with Crippen molar-refractivity contribution >= 4 is 18.3 Å². The number of hydrogen-bond acceptors (Lipinski definition) is 4. The molecule has 0 radical (unpaired) electrons. The zero-order chi connectivity index (χ0) is 15.8. The summed E-state index contributed by atoms with van der Waals surface area (Å²) in [5.41, 5.74) is 1.000. The molecule has 1 aliphatic rings. The van der Waals surface area contributed by atoms with Gasteiger partial charge in [0, 0.05) is 18.2 Å². The smallest absolute Gasteiger partial charge is 0.234 e. The molecule has 0 aromatic heterocycles. The van der Waals surface area contributed by atoms with Crippen molar-refractivity contribution in [2.75, 3.05) is 33.8 Å². The molecule has 1 amide bonds. The van der Waals surface area contributed by atoms with E-state index in [9.17, 15) is 4.79 Å². The van der Waals surface area contributed by atoms with Gasteiger partial charge in [-0.1, -0.05) is 18.2 Å². The fraction of sp³-hybridized carbons (Fsp3) is 0.588. The molecular formula is C17H28ClN3O2. The standard InChI is InChI=1S/C17H27N3O2.ClH/c1-20(15-7-5-10-18-11-9-15)13-17(21)19-12-14-6-3-4-8-16(14)22-2;/h3-4,6,8,15,18H,5,7,9-13H2,1-2H3,(H,19,21);1H. The fourth-order valence-electron chi connectivity index (χ4n) is 2.90. The predicted octanol–water partition coefficient (Wildman–Crippen LogP) is 1.81. The lowest BCUT2D eigenvalue weighted by atomic mass is 10.1. The number of carbonyl (C=O) groups excluding carboxylic acids is 1. The van der Waals surface area contributed by atoms with Gasteiger partial charge in [-0.25, -0.2) is 0 Å². The van der Waals surface area contributed by atoms with Crippen LogP contribution in [0.25, 0.3) is 0 Å². The number of carbonyl (C=O) groups is 1. The van der Waals surface area contributed by atoms with Crippen LogP contribution in [0.2, 0.25) is 0 Å². The number of methoxy groups -OCH3 is 1. The van der Waals surface area contributed by atoms with E-state index in [4.69, 9.17) is 4.74 Å². The minimum absolute atomic E-state index is 0. The van der Waals surface area contributed by atoms with Crippen LogP contribution in [0.5, 0.6) is 5.75 Å². The highest BCUT2D eigenvalue weighted by molar-refractivity contribution is 5.85. The van der Waals surface area contributed by atoms with E-state index in [1.54, 1.807) is 7.11 Å². The summed E-state index contributed by atoms with van der Waals surface area (Å²) in [6, 6.07) is 8.26. The lowest BCUT2D eigenvalue weighted by molar-refractivity contribution is -0.122. The van der Waals surface area contributed by atoms with Gasteiger partial charge in [-0.05, 0) is 45.5 Å². The molecule has 1 fully saturated rings. The number of rotatable bonds is 6. The molecule has 0 bridgehead atoms. The molecule has 1 saturated heterocycles. The zero-order valence-electron chi connectivity index (χ0n) is 14.0. The molecule has 1 aromatic rings. The van der Waals surface area contributed by atoms with Crippen LogP contribution in [0.3, 0.4) is 0 Å². The van der Waals surface area contributed by atoms with Crippen LogP contribution >= 0.6 is 12.4 Å². The van der Waals surface area contributed by atoms with E-state index in [0.717, 1.165) is 37.2 Å². The molecule has 23 heavy (non-hydrogen) atoms. The first-order chi connectivity index (χ1) is 10.7. The molecule has 1 aromatic carbocycles. The van der Waals surface area contributed by atoms with Gasteiger partial charge in [-0.15, -0.1) is 12.4 Å². The number of halogens is 1. The Morgan fingerprint density at radius 3 is 2.91 bits per heavy atom. The van der Waals surface area contributed by atoms with Gasteiger partial charge in [-0.3, -0.25) is 9.69 Å². The summed E-state index contributed by atoms with van der Waals surface area (Å²) < 4.78 is 5.30. The van der Waals surface area contributed by atoms with Crippen molar-refractivity contribution in [3.63, 3.8) is 0 Å². The van der Waals surface area contributed by atoms with Gasteiger partial charge >= 0.3 is 0 Å². The minimum Gasteiger partial charge on any atom is -0.496 e. The average Bonchev–Trinajstić information content (AvgIpc) is 2.82. The van der Waals surface area contributed by atoms with Crippen LogP contribution in [0.4, 0.5) is 0 Å². The molecule has 1 atom stereocenters. The Hall–Kier alpha value is -1.30. The van der Waals surface area contributed by atoms with Crippen molar-refractivity contribution in [1.82, 2.24) is 15.5 Å². The summed E-state index contributed by atoms with van der Waals surface area (Å²) in [5.74, 6) is 0.872. The van der Waals surface area contributed by atoms with Crippen LogP contribution in [-0.2, 0) is 11.3 Å². The van der Waals surface area contributed by atoms with E-state index >= 15 is 0 Å². The fourth-order valence-corrected chi connectivity index (χ4v) is 2.90. The molecule has 130 valence electrons. The Labute approximate surface area is 145 Å². The second kappa shape index (κ2) is 10.5. The van der Waals surface area contributed by atoms with E-state index in [0.29, 0.717) is 19.1 Å². The first-order valence-corrected chi connectivity index (χ1v) is 8.00. The third-order valence-electron chi connectivity index (χ3n) is 4.23. The number of ether oxygens (including phenoxy) is 1. The van der Waals surface area contributed by atoms with E-state index in [-0.39, 0.29) is 18.3 Å². The Morgan fingerprint density at radius 2 is 2.13 bits per heavy atom. The number of nitrogens with one attached hydrogen (secondary N) is 2. The van der Waals surface area contributed by atoms with Crippen LogP contribution in [0, 0.1) is 0 Å². The van der Waals surface area contributed by atoms with E-state index in [1.165, 1.54) is 6.42 Å². The maximum Gasteiger partial charge on any atom is 0.234 e. The van der Waals surface area contributed by atoms with Gasteiger partial charge in [0.25, 0.3) is 0 Å². The maximum atomic E-state index is 12.1. The van der Waals surface area contributed by atoms with Gasteiger partial charge in [0.1, 0.15) is 5.75 Å². The van der Waals surface area contributed by atoms with Gasteiger partial charge in [0.05, 0.1) is 13.7 Å². The van der Waals surface area contributed by atoms with Crippen molar-refractivity contribution in [2.45, 2.75) is 31.8 Å². The molecule has 2 rings (SSSR count). The molecule has 6 heteroatoms. The van der Waals surface area contributed by atoms with Crippen LogP contribution in [0.15, 0.2) is 24.3 Å². The third kappa shape index (κ3) is 6.37. The molecule has 1 unspecified atom stereocenters. The highest BCUT2D eigenvalue weighted by Gasteiger charge is 2.18. The summed E-state index contributed by atoms with van der Waals surface area (Å²) in [6.45, 7) is 3.07. The van der Waals surface area contributed by atoms with E-state index in [2.05, 4.69) is 15.5 Å². The SMILES string of the molecule is COc1ccccc1CNC(=O)CN(C)C1CCCNCC1.Cl. The summed E-state index contributed by atoms with van der Waals surface area (Å²) in [4.78, 5) is 14.3. The van der Waals surface area contributed by atoms with Gasteiger partial charge in [0.2, 0.25) is 5.91 Å². The Kier molecular flexibility index (Phi) is 8.99. The van der Waals surface area contributed by atoms with Crippen molar-refractivity contribution in [1.29, 1.82) is 0 Å². The molecule has 0 spiro atoms. The largest absolute Gasteiger partial charge is 0.496 e. The van der Waals surface area contributed by atoms with Crippen molar-refractivity contribution in [3.05, 3.63) is 29.8 Å². The summed E-state index contributed by atoms with van der Waals surface area (Å²) in [6.07, 6.45) is 3.44. The van der Waals surface area contributed by atoms with Gasteiger partial charge < -0.3 is 15.4 Å². The Bertz CT molecular complexity index is 477. The summed E-state index contributed by atoms with van der Waals surface area (Å²) >= 11 is 0. The highest BCUT2D eigenvalue weighted by atomic mass is 35.5. The van der Waals surface area contributed by atoms with E-state index in [1.807, 2.05) is 31.3 Å². The first-order valence-electron chi connectivity index (χ1n) is 8.00. The van der Waals surface area contributed by atoms with Gasteiger partial charge in [-0.2, -0.15) is 0 Å². The molecule has 1 aliphatic heterocycles. The topological polar surface area (TPSA) is 53.6 Å². The lowest BCUT2D eigenvalue weighted by Gasteiger charge is -2.26. The number of hydrogen-bond donors (Lipinski definition) is 2. The monoisotopic (exact) mass is 341 g/mol. The van der Waals surface area contributed by atoms with Crippen molar-refractivity contribution in [3.8, 4) is 5.75 Å². The molecular weight excluding hydrogens is 314 g/mol. The Balaban J connectivity index is 0.00000264. The maximum absolute atomic E-state index is 12.1. The molecule has 0 aliphatic carbocycles. The third-order valence-corrected chi connectivity index (χ3v) is 4.23. The summed E-state index contributed by atoms with van der Waals surface area (Å²) in [7, 11) is 3.69. The molecule has 5 nitrogen and oxygen atoms in total. The molecule has 1 heterocycles. The summed E-state index contributed by atoms with van der Waals surface area (Å²) in [5, 5.41) is 6.39. The second-order valence-corrected chi connectivity index (χ2v) is 5.84. The zero-order valence-corrected chi connectivity index (χ0v) is 14.8. The van der Waals surface area contributed by atoms with Crippen LogP contribution in [0.1, 0.15) is 24.8 Å². The van der Waals surface area contributed by atoms with Gasteiger partial charge in [0.15, 0.2) is 0 Å². The van der Waals surface area contributed by atoms with Crippen molar-refractivity contribution < 1.29 is 9.53 Å². The lowest BCUT2D eigenvalue weighted by Crippen LogP contribution is -2.40. The second-order valence-electron chi connectivity index (χ2n) is 5.84.